The molecule has 3 aromatic rings. The highest BCUT2D eigenvalue weighted by atomic mass is 32.2. The normalized spacial score (nSPS) is 14.8. The van der Waals surface area contributed by atoms with Crippen molar-refractivity contribution in [1.82, 2.24) is 14.9 Å². The standard InChI is InChI=1S/C24H25N3O4S/c1-32(29,30)21-9-7-19(8-10-21)22-15-26-23(16-25-22)31-17-18-11-13-27(14-12-18)24(28)20-5-3-2-4-6-20/h2-10,15-16,18H,11-14,17H2,1H3. The highest BCUT2D eigenvalue weighted by Crippen LogP contribution is 2.22. The van der Waals surface area contributed by atoms with E-state index in [4.69, 9.17) is 4.74 Å². The minimum absolute atomic E-state index is 0.0796. The summed E-state index contributed by atoms with van der Waals surface area (Å²) in [4.78, 5) is 23.4. The highest BCUT2D eigenvalue weighted by molar-refractivity contribution is 7.90. The summed E-state index contributed by atoms with van der Waals surface area (Å²) in [5, 5.41) is 0. The smallest absolute Gasteiger partial charge is 0.253 e. The summed E-state index contributed by atoms with van der Waals surface area (Å²) in [6.45, 7) is 1.97. The van der Waals surface area contributed by atoms with Gasteiger partial charge < -0.3 is 9.64 Å². The molecule has 0 bridgehead atoms. The zero-order valence-corrected chi connectivity index (χ0v) is 18.7. The molecule has 1 amide bonds. The number of rotatable bonds is 6. The van der Waals surface area contributed by atoms with E-state index in [2.05, 4.69) is 9.97 Å². The van der Waals surface area contributed by atoms with Crippen LogP contribution in [0.4, 0.5) is 0 Å². The molecular weight excluding hydrogens is 426 g/mol. The maximum Gasteiger partial charge on any atom is 0.253 e. The molecule has 1 fully saturated rings. The molecule has 166 valence electrons. The number of carbonyl (C=O) groups is 1. The summed E-state index contributed by atoms with van der Waals surface area (Å²) < 4.78 is 29.0. The first-order chi connectivity index (χ1) is 15.4. The third-order valence-corrected chi connectivity index (χ3v) is 6.72. The summed E-state index contributed by atoms with van der Waals surface area (Å²) in [6.07, 6.45) is 6.15. The van der Waals surface area contributed by atoms with Crippen LogP contribution in [0.5, 0.6) is 5.88 Å². The first kappa shape index (κ1) is 22.0. The number of nitrogens with zero attached hydrogens (tertiary/aromatic N) is 3. The number of sulfone groups is 1. The number of piperidine rings is 1. The lowest BCUT2D eigenvalue weighted by Crippen LogP contribution is -2.39. The van der Waals surface area contributed by atoms with E-state index in [9.17, 15) is 13.2 Å². The van der Waals surface area contributed by atoms with Crippen molar-refractivity contribution in [2.24, 2.45) is 5.92 Å². The quantitative estimate of drug-likeness (QED) is 0.570. The number of amides is 1. The molecule has 7 nitrogen and oxygen atoms in total. The molecule has 32 heavy (non-hydrogen) atoms. The van der Waals surface area contributed by atoms with E-state index in [1.54, 1.807) is 36.7 Å². The lowest BCUT2D eigenvalue weighted by atomic mass is 9.97. The number of hydrogen-bond donors (Lipinski definition) is 0. The Balaban J connectivity index is 1.27. The fourth-order valence-electron chi connectivity index (χ4n) is 3.68. The molecule has 1 aliphatic heterocycles. The van der Waals surface area contributed by atoms with E-state index < -0.39 is 9.84 Å². The van der Waals surface area contributed by atoms with E-state index in [0.717, 1.165) is 37.1 Å². The van der Waals surface area contributed by atoms with Crippen molar-refractivity contribution in [2.75, 3.05) is 26.0 Å². The third kappa shape index (κ3) is 5.31. The van der Waals surface area contributed by atoms with Crippen molar-refractivity contribution in [3.8, 4) is 17.1 Å². The number of likely N-dealkylation sites (tertiary alicyclic amines) is 1. The van der Waals surface area contributed by atoms with Crippen LogP contribution >= 0.6 is 0 Å². The van der Waals surface area contributed by atoms with Crippen LogP contribution in [0.15, 0.2) is 71.9 Å². The van der Waals surface area contributed by atoms with Crippen molar-refractivity contribution in [2.45, 2.75) is 17.7 Å². The molecule has 0 radical (unpaired) electrons. The first-order valence-electron chi connectivity index (χ1n) is 10.5. The lowest BCUT2D eigenvalue weighted by Gasteiger charge is -2.31. The van der Waals surface area contributed by atoms with E-state index in [1.165, 1.54) is 6.26 Å². The second-order valence-corrected chi connectivity index (χ2v) is 9.96. The van der Waals surface area contributed by atoms with Crippen LogP contribution < -0.4 is 4.74 Å². The average molecular weight is 452 g/mol. The molecule has 0 saturated carbocycles. The zero-order chi connectivity index (χ0) is 22.6. The van der Waals surface area contributed by atoms with Gasteiger partial charge in [-0.1, -0.05) is 30.3 Å². The summed E-state index contributed by atoms with van der Waals surface area (Å²) >= 11 is 0. The topological polar surface area (TPSA) is 89.5 Å². The van der Waals surface area contributed by atoms with Crippen LogP contribution in [0.2, 0.25) is 0 Å². The molecule has 4 rings (SSSR count). The van der Waals surface area contributed by atoms with Gasteiger partial charge in [-0.25, -0.2) is 18.4 Å². The first-order valence-corrected chi connectivity index (χ1v) is 12.4. The van der Waals surface area contributed by atoms with Crippen LogP contribution in [-0.4, -0.2) is 55.1 Å². The van der Waals surface area contributed by atoms with E-state index in [0.29, 0.717) is 24.1 Å². The average Bonchev–Trinajstić information content (AvgIpc) is 2.83. The predicted molar refractivity (Wildman–Crippen MR) is 121 cm³/mol. The van der Waals surface area contributed by atoms with Crippen LogP contribution in [0, 0.1) is 5.92 Å². The van der Waals surface area contributed by atoms with Gasteiger partial charge in [0.05, 0.1) is 29.6 Å². The van der Waals surface area contributed by atoms with Gasteiger partial charge in [-0.15, -0.1) is 0 Å². The Morgan fingerprint density at radius 2 is 1.69 bits per heavy atom. The van der Waals surface area contributed by atoms with Crippen molar-refractivity contribution >= 4 is 15.7 Å². The molecular formula is C24H25N3O4S. The number of benzene rings is 2. The molecule has 8 heteroatoms. The van der Waals surface area contributed by atoms with Gasteiger partial charge in [0.2, 0.25) is 5.88 Å². The lowest BCUT2D eigenvalue weighted by molar-refractivity contribution is 0.0659. The number of hydrogen-bond acceptors (Lipinski definition) is 6. The van der Waals surface area contributed by atoms with Crippen molar-refractivity contribution in [3.05, 3.63) is 72.6 Å². The number of carbonyl (C=O) groups excluding carboxylic acids is 1. The summed E-state index contributed by atoms with van der Waals surface area (Å²) in [5.41, 5.74) is 2.15. The zero-order valence-electron chi connectivity index (χ0n) is 17.8. The van der Waals surface area contributed by atoms with Gasteiger partial charge in [0.1, 0.15) is 0 Å². The van der Waals surface area contributed by atoms with Gasteiger partial charge in [0.25, 0.3) is 5.91 Å². The molecule has 2 heterocycles. The molecule has 0 unspecified atom stereocenters. The minimum atomic E-state index is -3.23. The van der Waals surface area contributed by atoms with Gasteiger partial charge >= 0.3 is 0 Å². The van der Waals surface area contributed by atoms with Crippen molar-refractivity contribution in [1.29, 1.82) is 0 Å². The maximum atomic E-state index is 12.5. The highest BCUT2D eigenvalue weighted by Gasteiger charge is 2.24. The SMILES string of the molecule is CS(=O)(=O)c1ccc(-c2cnc(OCC3CCN(C(=O)c4ccccc4)CC3)cn2)cc1. The van der Waals surface area contributed by atoms with E-state index in [-0.39, 0.29) is 10.8 Å². The van der Waals surface area contributed by atoms with E-state index in [1.807, 2.05) is 35.2 Å². The molecule has 1 aliphatic rings. The van der Waals surface area contributed by atoms with E-state index >= 15 is 0 Å². The van der Waals surface area contributed by atoms with Gasteiger partial charge in [0.15, 0.2) is 9.84 Å². The number of ether oxygens (including phenoxy) is 1. The Bertz CT molecular complexity index is 1160. The second kappa shape index (κ2) is 9.48. The summed E-state index contributed by atoms with van der Waals surface area (Å²) in [5.74, 6) is 0.889. The Hall–Kier alpha value is -3.26. The van der Waals surface area contributed by atoms with Gasteiger partial charge in [-0.3, -0.25) is 4.79 Å². The predicted octanol–water partition coefficient (Wildman–Crippen LogP) is 3.48. The van der Waals surface area contributed by atoms with Gasteiger partial charge in [0, 0.05) is 30.5 Å². The van der Waals surface area contributed by atoms with Gasteiger partial charge in [-0.2, -0.15) is 0 Å². The third-order valence-electron chi connectivity index (χ3n) is 5.60. The molecule has 0 atom stereocenters. The molecule has 0 aliphatic carbocycles. The molecule has 0 N–H and O–H groups in total. The number of aromatic nitrogens is 2. The van der Waals surface area contributed by atoms with Crippen LogP contribution in [-0.2, 0) is 9.84 Å². The largest absolute Gasteiger partial charge is 0.476 e. The summed E-state index contributed by atoms with van der Waals surface area (Å²) in [7, 11) is -3.23. The van der Waals surface area contributed by atoms with Crippen molar-refractivity contribution in [3.63, 3.8) is 0 Å². The molecule has 2 aromatic carbocycles. The van der Waals surface area contributed by atoms with Crippen molar-refractivity contribution < 1.29 is 17.9 Å². The fraction of sp³-hybridized carbons (Fsp3) is 0.292. The summed E-state index contributed by atoms with van der Waals surface area (Å²) in [6, 6.07) is 15.9. The molecule has 0 spiro atoms. The monoisotopic (exact) mass is 451 g/mol. The Labute approximate surface area is 188 Å². The minimum Gasteiger partial charge on any atom is -0.476 e. The van der Waals surface area contributed by atoms with Gasteiger partial charge in [-0.05, 0) is 43.0 Å². The van der Waals surface area contributed by atoms with Crippen LogP contribution in [0.3, 0.4) is 0 Å². The molecule has 1 saturated heterocycles. The Kier molecular flexibility index (Phi) is 6.50. The van der Waals surface area contributed by atoms with Crippen LogP contribution in [0.25, 0.3) is 11.3 Å². The maximum absolute atomic E-state index is 12.5. The molecule has 1 aromatic heterocycles. The Morgan fingerprint density at radius 3 is 2.28 bits per heavy atom. The Morgan fingerprint density at radius 1 is 1.00 bits per heavy atom. The van der Waals surface area contributed by atoms with Crippen LogP contribution in [0.1, 0.15) is 23.2 Å². The fourth-order valence-corrected chi connectivity index (χ4v) is 4.31. The second-order valence-electron chi connectivity index (χ2n) is 7.95.